The third-order valence-electron chi connectivity index (χ3n) is 5.16. The maximum atomic E-state index is 12.9. The van der Waals surface area contributed by atoms with Crippen LogP contribution in [-0.2, 0) is 4.74 Å². The summed E-state index contributed by atoms with van der Waals surface area (Å²) < 4.78 is 5.93. The number of ether oxygens (including phenoxy) is 1. The van der Waals surface area contributed by atoms with Gasteiger partial charge in [0.05, 0.1) is 12.6 Å². The van der Waals surface area contributed by atoms with Crippen molar-refractivity contribution >= 4 is 17.8 Å². The Morgan fingerprint density at radius 3 is 2.08 bits per heavy atom. The number of likely N-dealkylation sites (tertiary alicyclic amines) is 1. The van der Waals surface area contributed by atoms with Crippen molar-refractivity contribution in [3.05, 3.63) is 71.8 Å². The van der Waals surface area contributed by atoms with E-state index < -0.39 is 0 Å². The summed E-state index contributed by atoms with van der Waals surface area (Å²) in [6.45, 7) is 2.32. The van der Waals surface area contributed by atoms with Crippen LogP contribution in [0.3, 0.4) is 0 Å². The Morgan fingerprint density at radius 2 is 1.58 bits per heavy atom. The number of nitrogens with one attached hydrogen (secondary N) is 1. The lowest BCUT2D eigenvalue weighted by atomic mass is 9.99. The summed E-state index contributed by atoms with van der Waals surface area (Å²) >= 11 is 1.91. The van der Waals surface area contributed by atoms with Crippen molar-refractivity contribution in [1.82, 2.24) is 10.2 Å². The average Bonchev–Trinajstić information content (AvgIpc) is 3.16. The third-order valence-corrected chi connectivity index (χ3v) is 6.58. The van der Waals surface area contributed by atoms with Crippen molar-refractivity contribution in [3.63, 3.8) is 0 Å². The lowest BCUT2D eigenvalue weighted by molar-refractivity contribution is 0.00931. The first-order chi connectivity index (χ1) is 12.8. The van der Waals surface area contributed by atoms with Crippen molar-refractivity contribution in [2.75, 3.05) is 25.4 Å². The molecule has 5 heteroatoms. The van der Waals surface area contributed by atoms with Gasteiger partial charge in [0.25, 0.3) is 0 Å². The molecule has 0 saturated carbocycles. The van der Waals surface area contributed by atoms with E-state index in [1.54, 1.807) is 0 Å². The standard InChI is InChI=1S/C21H24N2O2S/c24-20(23-13-11-21(12-14-23)25-15-16-26-21)22-19(17-7-3-1-4-8-17)18-9-5-2-6-10-18/h1-10,19H,11-16H2,(H,22,24). The Labute approximate surface area is 158 Å². The van der Waals surface area contributed by atoms with Crippen LogP contribution in [0, 0.1) is 0 Å². The van der Waals surface area contributed by atoms with Crippen LogP contribution in [0.4, 0.5) is 4.79 Å². The number of hydrogen-bond acceptors (Lipinski definition) is 3. The van der Waals surface area contributed by atoms with E-state index in [1.807, 2.05) is 53.1 Å². The number of piperidine rings is 1. The largest absolute Gasteiger partial charge is 0.363 e. The summed E-state index contributed by atoms with van der Waals surface area (Å²) in [6, 6.07) is 20.1. The van der Waals surface area contributed by atoms with Gasteiger partial charge in [-0.3, -0.25) is 0 Å². The van der Waals surface area contributed by atoms with Crippen LogP contribution in [0.5, 0.6) is 0 Å². The highest BCUT2D eigenvalue weighted by molar-refractivity contribution is 8.00. The Morgan fingerprint density at radius 1 is 1.00 bits per heavy atom. The summed E-state index contributed by atoms with van der Waals surface area (Å²) in [5, 5.41) is 3.24. The second-order valence-corrected chi connectivity index (χ2v) is 8.24. The number of urea groups is 1. The molecule has 26 heavy (non-hydrogen) atoms. The number of hydrogen-bond donors (Lipinski definition) is 1. The number of carbonyl (C=O) groups is 1. The van der Waals surface area contributed by atoms with Crippen LogP contribution >= 0.6 is 11.8 Å². The topological polar surface area (TPSA) is 41.6 Å². The fourth-order valence-electron chi connectivity index (χ4n) is 3.70. The molecule has 2 heterocycles. The van der Waals surface area contributed by atoms with Crippen LogP contribution in [0.25, 0.3) is 0 Å². The Hall–Kier alpha value is -1.98. The molecule has 2 fully saturated rings. The molecule has 2 saturated heterocycles. The molecule has 0 atom stereocenters. The fraction of sp³-hybridized carbons (Fsp3) is 0.381. The van der Waals surface area contributed by atoms with Crippen molar-refractivity contribution in [3.8, 4) is 0 Å². The molecule has 2 aliphatic rings. The van der Waals surface area contributed by atoms with Gasteiger partial charge in [-0.2, -0.15) is 0 Å². The molecule has 0 radical (unpaired) electrons. The first-order valence-corrected chi connectivity index (χ1v) is 10.2. The molecule has 2 amide bonds. The number of carbonyl (C=O) groups excluding carboxylic acids is 1. The molecular formula is C21H24N2O2S. The van der Waals surface area contributed by atoms with Gasteiger partial charge in [0.1, 0.15) is 4.93 Å². The summed E-state index contributed by atoms with van der Waals surface area (Å²) in [4.78, 5) is 14.8. The maximum Gasteiger partial charge on any atom is 0.318 e. The zero-order valence-corrected chi connectivity index (χ0v) is 15.6. The van der Waals surface area contributed by atoms with Crippen molar-refractivity contribution in [2.45, 2.75) is 23.8 Å². The average molecular weight is 369 g/mol. The molecule has 136 valence electrons. The smallest absolute Gasteiger partial charge is 0.318 e. The van der Waals surface area contributed by atoms with Gasteiger partial charge in [-0.1, -0.05) is 60.7 Å². The summed E-state index contributed by atoms with van der Waals surface area (Å²) in [5.41, 5.74) is 2.19. The van der Waals surface area contributed by atoms with Gasteiger partial charge < -0.3 is 15.0 Å². The van der Waals surface area contributed by atoms with Gasteiger partial charge in [0.15, 0.2) is 0 Å². The van der Waals surface area contributed by atoms with Crippen molar-refractivity contribution in [2.24, 2.45) is 0 Å². The molecule has 0 aliphatic carbocycles. The molecule has 4 rings (SSSR count). The predicted octanol–water partition coefficient (Wildman–Crippen LogP) is 4.04. The summed E-state index contributed by atoms with van der Waals surface area (Å²) in [6.07, 6.45) is 1.82. The van der Waals surface area contributed by atoms with Crippen LogP contribution < -0.4 is 5.32 Å². The molecule has 0 bridgehead atoms. The molecule has 2 aliphatic heterocycles. The molecule has 0 aromatic heterocycles. The highest BCUT2D eigenvalue weighted by Crippen LogP contribution is 2.41. The SMILES string of the molecule is O=C(NC(c1ccccc1)c1ccccc1)N1CCC2(CC1)OCCS2. The maximum absolute atomic E-state index is 12.9. The molecule has 0 unspecified atom stereocenters. The predicted molar refractivity (Wildman–Crippen MR) is 105 cm³/mol. The zero-order valence-electron chi connectivity index (χ0n) is 14.8. The van der Waals surface area contributed by atoms with Gasteiger partial charge in [0.2, 0.25) is 0 Å². The summed E-state index contributed by atoms with van der Waals surface area (Å²) in [5.74, 6) is 1.07. The van der Waals surface area contributed by atoms with Gasteiger partial charge in [-0.05, 0) is 11.1 Å². The van der Waals surface area contributed by atoms with Crippen LogP contribution in [0.1, 0.15) is 30.0 Å². The fourth-order valence-corrected chi connectivity index (χ4v) is 4.88. The van der Waals surface area contributed by atoms with E-state index in [-0.39, 0.29) is 17.0 Å². The number of nitrogens with zero attached hydrogens (tertiary/aromatic N) is 1. The third kappa shape index (κ3) is 3.74. The Balaban J connectivity index is 1.47. The Bertz CT molecular complexity index is 683. The molecule has 4 nitrogen and oxygen atoms in total. The van der Waals surface area contributed by atoms with Crippen molar-refractivity contribution < 1.29 is 9.53 Å². The minimum absolute atomic E-state index is 0.000512. The lowest BCUT2D eigenvalue weighted by Crippen LogP contribution is -2.49. The Kier molecular flexibility index (Phi) is 5.18. The van der Waals surface area contributed by atoms with Crippen LogP contribution in [0.2, 0.25) is 0 Å². The first kappa shape index (κ1) is 17.4. The minimum atomic E-state index is -0.141. The summed E-state index contributed by atoms with van der Waals surface area (Å²) in [7, 11) is 0. The lowest BCUT2D eigenvalue weighted by Gasteiger charge is -2.38. The van der Waals surface area contributed by atoms with Crippen molar-refractivity contribution in [1.29, 1.82) is 0 Å². The normalized spacial score (nSPS) is 19.0. The van der Waals surface area contributed by atoms with E-state index in [1.165, 1.54) is 0 Å². The second kappa shape index (κ2) is 7.72. The first-order valence-electron chi connectivity index (χ1n) is 9.19. The number of thioether (sulfide) groups is 1. The van der Waals surface area contributed by atoms with Gasteiger partial charge in [-0.25, -0.2) is 4.79 Å². The van der Waals surface area contributed by atoms with E-state index >= 15 is 0 Å². The van der Waals surface area contributed by atoms with Crippen LogP contribution in [0.15, 0.2) is 60.7 Å². The highest BCUT2D eigenvalue weighted by atomic mass is 32.2. The molecular weight excluding hydrogens is 344 g/mol. The number of rotatable bonds is 3. The number of benzene rings is 2. The molecule has 2 aromatic rings. The highest BCUT2D eigenvalue weighted by Gasteiger charge is 2.40. The van der Waals surface area contributed by atoms with Gasteiger partial charge in [-0.15, -0.1) is 11.8 Å². The zero-order chi connectivity index (χ0) is 17.8. The molecule has 1 spiro atoms. The van der Waals surface area contributed by atoms with E-state index in [2.05, 4.69) is 29.6 Å². The minimum Gasteiger partial charge on any atom is -0.363 e. The number of amides is 2. The van der Waals surface area contributed by atoms with E-state index in [0.717, 1.165) is 49.4 Å². The molecule has 1 N–H and O–H groups in total. The van der Waals surface area contributed by atoms with E-state index in [9.17, 15) is 4.79 Å². The monoisotopic (exact) mass is 368 g/mol. The van der Waals surface area contributed by atoms with E-state index in [0.29, 0.717) is 0 Å². The molecule has 2 aromatic carbocycles. The van der Waals surface area contributed by atoms with E-state index in [4.69, 9.17) is 4.74 Å². The van der Waals surface area contributed by atoms with Gasteiger partial charge >= 0.3 is 6.03 Å². The second-order valence-electron chi connectivity index (χ2n) is 6.80. The quantitative estimate of drug-likeness (QED) is 0.889. The van der Waals surface area contributed by atoms with Crippen LogP contribution in [-0.4, -0.2) is 41.3 Å². The van der Waals surface area contributed by atoms with Gasteiger partial charge in [0, 0.05) is 31.7 Å².